The summed E-state index contributed by atoms with van der Waals surface area (Å²) in [6.07, 6.45) is 2.15. The normalized spacial score (nSPS) is 15.8. The van der Waals surface area contributed by atoms with Crippen molar-refractivity contribution >= 4 is 37.3 Å². The van der Waals surface area contributed by atoms with Gasteiger partial charge >= 0.3 is 0 Å². The number of carbonyl (C=O) groups is 1. The Kier molecular flexibility index (Phi) is 8.58. The van der Waals surface area contributed by atoms with Gasteiger partial charge in [-0.25, -0.2) is 16.8 Å². The smallest absolute Gasteiger partial charge is 0.257 e. The summed E-state index contributed by atoms with van der Waals surface area (Å²) in [6, 6.07) is 12.4. The Morgan fingerprint density at radius 2 is 1.57 bits per heavy atom. The van der Waals surface area contributed by atoms with Gasteiger partial charge in [0, 0.05) is 38.9 Å². The van der Waals surface area contributed by atoms with Gasteiger partial charge in [-0.3, -0.25) is 9.10 Å². The molecule has 0 radical (unpaired) electrons. The largest absolute Gasteiger partial charge is 0.322 e. The fourth-order valence-corrected chi connectivity index (χ4v) is 5.75. The molecule has 2 aromatic carbocycles. The third-order valence-electron chi connectivity index (χ3n) is 6.09. The maximum atomic E-state index is 13.1. The van der Waals surface area contributed by atoms with Gasteiger partial charge in [-0.05, 0) is 55.3 Å². The minimum absolute atomic E-state index is 0.170. The number of carbonyl (C=O) groups excluding carboxylic acids is 1. The molecule has 0 spiro atoms. The minimum atomic E-state index is -3.63. The van der Waals surface area contributed by atoms with E-state index in [2.05, 4.69) is 24.1 Å². The molecular weight excluding hydrogens is 488 g/mol. The summed E-state index contributed by atoms with van der Waals surface area (Å²) >= 11 is 0. The summed E-state index contributed by atoms with van der Waals surface area (Å²) in [5.74, 6) is 0.120. The molecule has 35 heavy (non-hydrogen) atoms. The van der Waals surface area contributed by atoms with Crippen LogP contribution in [0.3, 0.4) is 0 Å². The summed E-state index contributed by atoms with van der Waals surface area (Å²) < 4.78 is 52.6. The lowest BCUT2D eigenvalue weighted by atomic mass is 10.1. The molecule has 0 atom stereocenters. The second kappa shape index (κ2) is 11.1. The number of sulfonamides is 2. The van der Waals surface area contributed by atoms with Crippen molar-refractivity contribution in [2.24, 2.45) is 5.92 Å². The van der Waals surface area contributed by atoms with E-state index in [1.54, 1.807) is 18.2 Å². The van der Waals surface area contributed by atoms with Crippen molar-refractivity contribution in [1.82, 2.24) is 9.21 Å². The highest BCUT2D eigenvalue weighted by Crippen LogP contribution is 2.24. The summed E-state index contributed by atoms with van der Waals surface area (Å²) in [5.41, 5.74) is 0.843. The molecule has 0 aliphatic carbocycles. The van der Waals surface area contributed by atoms with Crippen LogP contribution < -0.4 is 9.62 Å². The van der Waals surface area contributed by atoms with Gasteiger partial charge < -0.3 is 10.2 Å². The second-order valence-corrected chi connectivity index (χ2v) is 13.1. The lowest BCUT2D eigenvalue weighted by Gasteiger charge is -2.34. The molecule has 0 bridgehead atoms. The zero-order chi connectivity index (χ0) is 25.8. The molecular formula is C24H34N4O5S2. The van der Waals surface area contributed by atoms with Crippen molar-refractivity contribution in [3.63, 3.8) is 0 Å². The summed E-state index contributed by atoms with van der Waals surface area (Å²) in [6.45, 7) is 7.65. The van der Waals surface area contributed by atoms with Gasteiger partial charge in [0.05, 0.1) is 22.4 Å². The van der Waals surface area contributed by atoms with E-state index in [0.29, 0.717) is 37.8 Å². The third kappa shape index (κ3) is 6.81. The maximum absolute atomic E-state index is 13.1. The van der Waals surface area contributed by atoms with Crippen LogP contribution >= 0.6 is 0 Å². The van der Waals surface area contributed by atoms with Gasteiger partial charge in [0.25, 0.3) is 5.91 Å². The fraction of sp³-hybridized carbons (Fsp3) is 0.458. The Hall–Kier alpha value is -2.47. The first-order valence-corrected chi connectivity index (χ1v) is 14.9. The molecule has 1 aliphatic heterocycles. The van der Waals surface area contributed by atoms with Gasteiger partial charge in [-0.1, -0.05) is 26.0 Å². The lowest BCUT2D eigenvalue weighted by Crippen LogP contribution is -2.48. The lowest BCUT2D eigenvalue weighted by molar-refractivity contribution is 0.102. The van der Waals surface area contributed by atoms with Crippen LogP contribution in [0.4, 0.5) is 11.4 Å². The Bertz CT molecular complexity index is 1240. The van der Waals surface area contributed by atoms with E-state index >= 15 is 0 Å². The van der Waals surface area contributed by atoms with Crippen LogP contribution in [-0.4, -0.2) is 78.0 Å². The van der Waals surface area contributed by atoms with E-state index in [9.17, 15) is 21.6 Å². The van der Waals surface area contributed by atoms with Gasteiger partial charge in [0.2, 0.25) is 20.0 Å². The zero-order valence-electron chi connectivity index (χ0n) is 20.6. The monoisotopic (exact) mass is 522 g/mol. The van der Waals surface area contributed by atoms with E-state index in [-0.39, 0.29) is 16.1 Å². The number of hydrogen-bond donors (Lipinski definition) is 1. The predicted octanol–water partition coefficient (Wildman–Crippen LogP) is 2.69. The molecule has 0 aromatic heterocycles. The quantitative estimate of drug-likeness (QED) is 0.543. The van der Waals surface area contributed by atoms with Crippen LogP contribution in [0.5, 0.6) is 0 Å². The number of piperazine rings is 1. The first-order chi connectivity index (χ1) is 16.4. The fourth-order valence-electron chi connectivity index (χ4n) is 3.81. The number of amides is 1. The highest BCUT2D eigenvalue weighted by Gasteiger charge is 2.28. The van der Waals surface area contributed by atoms with E-state index in [4.69, 9.17) is 0 Å². The van der Waals surface area contributed by atoms with Crippen LogP contribution in [0.25, 0.3) is 0 Å². The van der Waals surface area contributed by atoms with Gasteiger partial charge in [-0.15, -0.1) is 0 Å². The van der Waals surface area contributed by atoms with E-state index in [0.717, 1.165) is 23.5 Å². The Morgan fingerprint density at radius 3 is 2.14 bits per heavy atom. The molecule has 11 heteroatoms. The summed E-state index contributed by atoms with van der Waals surface area (Å²) in [5, 5.41) is 2.72. The molecule has 0 saturated carbocycles. The topological polar surface area (TPSA) is 107 Å². The predicted molar refractivity (Wildman–Crippen MR) is 139 cm³/mol. The molecule has 1 heterocycles. The van der Waals surface area contributed by atoms with Crippen LogP contribution in [0.15, 0.2) is 53.4 Å². The summed E-state index contributed by atoms with van der Waals surface area (Å²) in [4.78, 5) is 15.3. The van der Waals surface area contributed by atoms with Gasteiger partial charge in [0.15, 0.2) is 0 Å². The van der Waals surface area contributed by atoms with E-state index < -0.39 is 26.0 Å². The molecule has 1 amide bonds. The van der Waals surface area contributed by atoms with Crippen molar-refractivity contribution in [2.75, 3.05) is 55.6 Å². The molecule has 1 fully saturated rings. The van der Waals surface area contributed by atoms with Crippen molar-refractivity contribution in [2.45, 2.75) is 25.2 Å². The van der Waals surface area contributed by atoms with Crippen LogP contribution in [0.1, 0.15) is 30.6 Å². The average Bonchev–Trinajstić information content (AvgIpc) is 2.82. The van der Waals surface area contributed by atoms with Crippen molar-refractivity contribution in [3.05, 3.63) is 54.1 Å². The van der Waals surface area contributed by atoms with Crippen LogP contribution in [0.2, 0.25) is 0 Å². The highest BCUT2D eigenvalue weighted by atomic mass is 32.2. The first kappa shape index (κ1) is 27.1. The number of nitrogens with one attached hydrogen (secondary N) is 1. The number of para-hydroxylation sites is 1. The third-order valence-corrected chi connectivity index (χ3v) is 9.19. The molecule has 2 aromatic rings. The number of rotatable bonds is 9. The zero-order valence-corrected chi connectivity index (χ0v) is 22.3. The SMILES string of the molecule is CC(C)CCN1CCN(S(=O)(=O)c2ccc(NC(=O)c3ccccc3N(C)S(C)(=O)=O)cc2)CC1. The molecule has 0 unspecified atom stereocenters. The molecule has 1 N–H and O–H groups in total. The van der Waals surface area contributed by atoms with Crippen molar-refractivity contribution in [1.29, 1.82) is 0 Å². The van der Waals surface area contributed by atoms with E-state index in [1.807, 2.05) is 0 Å². The van der Waals surface area contributed by atoms with Crippen molar-refractivity contribution in [3.8, 4) is 0 Å². The van der Waals surface area contributed by atoms with Gasteiger partial charge in [0.1, 0.15) is 0 Å². The number of anilines is 2. The molecule has 9 nitrogen and oxygen atoms in total. The number of nitrogens with zero attached hydrogens (tertiary/aromatic N) is 3. The Labute approximate surface area is 208 Å². The van der Waals surface area contributed by atoms with Crippen LogP contribution in [0, 0.1) is 5.92 Å². The number of benzene rings is 2. The highest BCUT2D eigenvalue weighted by molar-refractivity contribution is 7.92. The minimum Gasteiger partial charge on any atom is -0.322 e. The van der Waals surface area contributed by atoms with Crippen molar-refractivity contribution < 1.29 is 21.6 Å². The Morgan fingerprint density at radius 1 is 0.971 bits per heavy atom. The Balaban J connectivity index is 1.67. The summed E-state index contributed by atoms with van der Waals surface area (Å²) in [7, 11) is -5.80. The molecule has 1 saturated heterocycles. The van der Waals surface area contributed by atoms with Crippen LogP contribution in [-0.2, 0) is 20.0 Å². The average molecular weight is 523 g/mol. The molecule has 3 rings (SSSR count). The first-order valence-electron chi connectivity index (χ1n) is 11.6. The maximum Gasteiger partial charge on any atom is 0.257 e. The number of hydrogen-bond acceptors (Lipinski definition) is 6. The standard InChI is InChI=1S/C24H34N4O5S2/c1-19(2)13-14-27-15-17-28(18-16-27)35(32,33)21-11-9-20(10-12-21)25-24(29)22-7-5-6-8-23(22)26(3)34(4,30)31/h5-12,19H,13-18H2,1-4H3,(H,25,29). The van der Waals surface area contributed by atoms with E-state index in [1.165, 1.54) is 41.7 Å². The second-order valence-electron chi connectivity index (χ2n) is 9.15. The molecule has 1 aliphatic rings. The molecule has 192 valence electrons. The van der Waals surface area contributed by atoms with Gasteiger partial charge in [-0.2, -0.15) is 4.31 Å².